The maximum Gasteiger partial charge on any atom is 0.240 e. The van der Waals surface area contributed by atoms with Crippen LogP contribution in [-0.2, 0) is 16.6 Å². The molecule has 0 radical (unpaired) electrons. The fraction of sp³-hybridized carbons (Fsp3) is 0.571. The number of aryl methyl sites for hydroxylation is 1. The summed E-state index contributed by atoms with van der Waals surface area (Å²) < 4.78 is 27.1. The van der Waals surface area contributed by atoms with Crippen molar-refractivity contribution >= 4 is 10.0 Å². The lowest BCUT2D eigenvalue weighted by Gasteiger charge is -2.10. The molecule has 0 aliphatic heterocycles. The number of nitrogens with one attached hydrogen (secondary N) is 2. The normalized spacial score (nSPS) is 22.5. The molecule has 2 N–H and O–H groups in total. The lowest BCUT2D eigenvalue weighted by Crippen LogP contribution is -2.26. The predicted octanol–water partition coefficient (Wildman–Crippen LogP) is 1.65. The van der Waals surface area contributed by atoms with Crippen LogP contribution in [0, 0.1) is 18.8 Å². The highest BCUT2D eigenvalue weighted by Crippen LogP contribution is 2.37. The Morgan fingerprint density at radius 2 is 2.05 bits per heavy atom. The van der Waals surface area contributed by atoms with Crippen molar-refractivity contribution in [1.82, 2.24) is 10.0 Å². The Morgan fingerprint density at radius 1 is 1.37 bits per heavy atom. The average Bonchev–Trinajstić information content (AvgIpc) is 3.06. The highest BCUT2D eigenvalue weighted by Gasteiger charge is 2.33. The summed E-state index contributed by atoms with van der Waals surface area (Å²) in [5.41, 5.74) is 2.12. The molecule has 2 rings (SSSR count). The number of rotatable bonds is 6. The molecule has 0 saturated heterocycles. The zero-order chi connectivity index (χ0) is 14.0. The van der Waals surface area contributed by atoms with Crippen molar-refractivity contribution in [2.24, 2.45) is 11.8 Å². The molecule has 1 saturated carbocycles. The van der Waals surface area contributed by atoms with E-state index >= 15 is 0 Å². The van der Waals surface area contributed by atoms with Crippen LogP contribution in [0.2, 0.25) is 0 Å². The first kappa shape index (κ1) is 14.5. The zero-order valence-corrected chi connectivity index (χ0v) is 12.5. The van der Waals surface area contributed by atoms with Crippen molar-refractivity contribution < 1.29 is 8.42 Å². The van der Waals surface area contributed by atoms with Crippen LogP contribution in [0.3, 0.4) is 0 Å². The Morgan fingerprint density at radius 3 is 2.63 bits per heavy atom. The van der Waals surface area contributed by atoms with Crippen molar-refractivity contribution in [3.05, 3.63) is 29.3 Å². The Kier molecular flexibility index (Phi) is 4.28. The summed E-state index contributed by atoms with van der Waals surface area (Å²) in [5.74, 6) is 1.16. The topological polar surface area (TPSA) is 58.2 Å². The number of benzene rings is 1. The fourth-order valence-corrected chi connectivity index (χ4v) is 3.32. The molecule has 19 heavy (non-hydrogen) atoms. The minimum Gasteiger partial charge on any atom is -0.316 e. The average molecular weight is 282 g/mol. The second kappa shape index (κ2) is 5.61. The van der Waals surface area contributed by atoms with Gasteiger partial charge in [-0.15, -0.1) is 0 Å². The van der Waals surface area contributed by atoms with Gasteiger partial charge in [-0.05, 0) is 55.5 Å². The van der Waals surface area contributed by atoms with Crippen LogP contribution in [0.15, 0.2) is 23.1 Å². The third-order valence-corrected chi connectivity index (χ3v) is 5.23. The van der Waals surface area contributed by atoms with Gasteiger partial charge >= 0.3 is 0 Å². The molecule has 0 bridgehead atoms. The van der Waals surface area contributed by atoms with E-state index in [0.29, 0.717) is 29.8 Å². The number of sulfonamides is 1. The first-order valence-corrected chi connectivity index (χ1v) is 8.16. The second-order valence-corrected chi connectivity index (χ2v) is 7.21. The van der Waals surface area contributed by atoms with Gasteiger partial charge in [0.2, 0.25) is 10.0 Å². The van der Waals surface area contributed by atoms with Crippen molar-refractivity contribution in [2.45, 2.75) is 31.7 Å². The SMILES string of the molecule is CNCc1cc(S(=O)(=O)NCC2CC2C)ccc1C. The van der Waals surface area contributed by atoms with Crippen LogP contribution >= 0.6 is 0 Å². The second-order valence-electron chi connectivity index (χ2n) is 5.44. The smallest absolute Gasteiger partial charge is 0.240 e. The van der Waals surface area contributed by atoms with Crippen LogP contribution in [-0.4, -0.2) is 22.0 Å². The van der Waals surface area contributed by atoms with Gasteiger partial charge in [0.15, 0.2) is 0 Å². The molecule has 1 aliphatic rings. The molecule has 1 aromatic carbocycles. The molecule has 4 nitrogen and oxygen atoms in total. The Bertz CT molecular complexity index is 555. The van der Waals surface area contributed by atoms with E-state index in [1.807, 2.05) is 20.0 Å². The molecule has 5 heteroatoms. The minimum absolute atomic E-state index is 0.358. The highest BCUT2D eigenvalue weighted by molar-refractivity contribution is 7.89. The molecule has 0 heterocycles. The van der Waals surface area contributed by atoms with Gasteiger partial charge in [-0.25, -0.2) is 13.1 Å². The van der Waals surface area contributed by atoms with Crippen LogP contribution < -0.4 is 10.0 Å². The summed E-state index contributed by atoms with van der Waals surface area (Å²) in [6, 6.07) is 5.29. The van der Waals surface area contributed by atoms with E-state index in [4.69, 9.17) is 0 Å². The molecule has 1 fully saturated rings. The van der Waals surface area contributed by atoms with Gasteiger partial charge < -0.3 is 5.32 Å². The van der Waals surface area contributed by atoms with E-state index in [-0.39, 0.29) is 0 Å². The van der Waals surface area contributed by atoms with Gasteiger partial charge in [0.1, 0.15) is 0 Å². The first-order chi connectivity index (χ1) is 8.94. The van der Waals surface area contributed by atoms with Gasteiger partial charge in [0.05, 0.1) is 4.90 Å². The lowest BCUT2D eigenvalue weighted by atomic mass is 10.1. The summed E-state index contributed by atoms with van der Waals surface area (Å²) in [7, 11) is -1.52. The summed E-state index contributed by atoms with van der Waals surface area (Å²) in [6.45, 7) is 5.37. The quantitative estimate of drug-likeness (QED) is 0.834. The fourth-order valence-electron chi connectivity index (χ4n) is 2.18. The van der Waals surface area contributed by atoms with Gasteiger partial charge in [0.25, 0.3) is 0 Å². The third-order valence-electron chi connectivity index (χ3n) is 3.81. The first-order valence-electron chi connectivity index (χ1n) is 6.68. The maximum absolute atomic E-state index is 12.2. The third kappa shape index (κ3) is 3.55. The summed E-state index contributed by atoms with van der Waals surface area (Å²) in [5, 5.41) is 3.05. The van der Waals surface area contributed by atoms with Gasteiger partial charge in [0, 0.05) is 13.1 Å². The van der Waals surface area contributed by atoms with Crippen molar-refractivity contribution in [1.29, 1.82) is 0 Å². The highest BCUT2D eigenvalue weighted by atomic mass is 32.2. The number of hydrogen-bond acceptors (Lipinski definition) is 3. The van der Waals surface area contributed by atoms with Gasteiger partial charge in [-0.3, -0.25) is 0 Å². The van der Waals surface area contributed by atoms with Gasteiger partial charge in [-0.2, -0.15) is 0 Å². The monoisotopic (exact) mass is 282 g/mol. The molecule has 106 valence electrons. The van der Waals surface area contributed by atoms with Crippen LogP contribution in [0.25, 0.3) is 0 Å². The molecule has 1 aliphatic carbocycles. The standard InChI is InChI=1S/C14H22N2O2S/c1-10-4-5-14(7-13(10)8-15-3)19(17,18)16-9-12-6-11(12)2/h4-5,7,11-12,15-16H,6,8-9H2,1-3H3. The molecule has 0 spiro atoms. The molecule has 2 unspecified atom stereocenters. The Labute approximate surface area is 115 Å². The summed E-state index contributed by atoms with van der Waals surface area (Å²) in [4.78, 5) is 0.358. The predicted molar refractivity (Wildman–Crippen MR) is 76.4 cm³/mol. The molecule has 0 amide bonds. The molecule has 0 aromatic heterocycles. The zero-order valence-electron chi connectivity index (χ0n) is 11.7. The van der Waals surface area contributed by atoms with Crippen molar-refractivity contribution in [2.75, 3.05) is 13.6 Å². The number of hydrogen-bond donors (Lipinski definition) is 2. The van der Waals surface area contributed by atoms with Gasteiger partial charge in [-0.1, -0.05) is 13.0 Å². The summed E-state index contributed by atoms with van der Waals surface area (Å²) in [6.07, 6.45) is 1.13. The van der Waals surface area contributed by atoms with E-state index < -0.39 is 10.0 Å². The lowest BCUT2D eigenvalue weighted by molar-refractivity contribution is 0.574. The maximum atomic E-state index is 12.2. The Hall–Kier alpha value is -0.910. The Balaban J connectivity index is 2.12. The van der Waals surface area contributed by atoms with Crippen LogP contribution in [0.1, 0.15) is 24.5 Å². The van der Waals surface area contributed by atoms with E-state index in [1.54, 1.807) is 12.1 Å². The summed E-state index contributed by atoms with van der Waals surface area (Å²) >= 11 is 0. The largest absolute Gasteiger partial charge is 0.316 e. The van der Waals surface area contributed by atoms with E-state index in [9.17, 15) is 8.42 Å². The van der Waals surface area contributed by atoms with Crippen molar-refractivity contribution in [3.8, 4) is 0 Å². The van der Waals surface area contributed by atoms with E-state index in [2.05, 4.69) is 17.0 Å². The molecule has 2 atom stereocenters. The molecular weight excluding hydrogens is 260 g/mol. The van der Waals surface area contributed by atoms with Crippen LogP contribution in [0.5, 0.6) is 0 Å². The molecule has 1 aromatic rings. The van der Waals surface area contributed by atoms with E-state index in [0.717, 1.165) is 17.5 Å². The minimum atomic E-state index is -3.37. The molecular formula is C14H22N2O2S. The van der Waals surface area contributed by atoms with Crippen LogP contribution in [0.4, 0.5) is 0 Å². The van der Waals surface area contributed by atoms with E-state index in [1.165, 1.54) is 0 Å². The van der Waals surface area contributed by atoms with Crippen molar-refractivity contribution in [3.63, 3.8) is 0 Å².